The number of aromatic amines is 1. The van der Waals surface area contributed by atoms with Crippen LogP contribution in [0.25, 0.3) is 10.9 Å². The highest BCUT2D eigenvalue weighted by Crippen LogP contribution is 2.64. The van der Waals surface area contributed by atoms with Crippen LogP contribution >= 0.6 is 11.8 Å². The van der Waals surface area contributed by atoms with Crippen molar-refractivity contribution in [2.45, 2.75) is 80.8 Å². The highest BCUT2D eigenvalue weighted by atomic mass is 32.2. The van der Waals surface area contributed by atoms with Gasteiger partial charge in [-0.1, -0.05) is 6.07 Å². The molecule has 7 aliphatic heterocycles. The monoisotopic (exact) mass is 742 g/mol. The van der Waals surface area contributed by atoms with Crippen molar-refractivity contribution >= 4 is 28.6 Å². The number of nitrogens with one attached hydrogen (secondary N) is 2. The maximum atomic E-state index is 14.8. The Balaban J connectivity index is 1.22. The van der Waals surface area contributed by atoms with E-state index in [1.54, 1.807) is 19.2 Å². The SMILES string of the molecule is COc1c(C)cc2c(c1O)[C@@H]1C3[C@@H]4SC[C@]5(NC(C)Cc6c5[nH]c5ccc(O)cc65)C(=O)OC[C@@H](c5c6c(c(C)c(O)c54)OCO6)N3[C@@H](O)[C@H](C2)N1C. The molecule has 6 N–H and O–H groups in total. The lowest BCUT2D eigenvalue weighted by atomic mass is 9.73. The number of phenols is 3. The summed E-state index contributed by atoms with van der Waals surface area (Å²) in [5.41, 5.74) is 5.42. The van der Waals surface area contributed by atoms with Gasteiger partial charge in [0.2, 0.25) is 6.79 Å². The van der Waals surface area contributed by atoms with Gasteiger partial charge in [0.1, 0.15) is 24.3 Å². The van der Waals surface area contributed by atoms with Crippen molar-refractivity contribution in [2.75, 3.05) is 33.3 Å². The Hall–Kier alpha value is -4.34. The minimum Gasteiger partial charge on any atom is -0.508 e. The lowest BCUT2D eigenvalue weighted by Crippen LogP contribution is -2.70. The summed E-state index contributed by atoms with van der Waals surface area (Å²) >= 11 is 1.50. The standard InChI is InChI=1S/C39H42N4O9S/c1-15-8-18-10-23-37(47)43-24-12-50-38(48)39(36-21(9-16(2)41-39)20-11-19(44)6-7-22(20)40-36)13-53-35(27-26(24)34-33(51-14-52-34)17(3)30(27)45)29(43)28(42(23)4)25(18)31(46)32(15)49-5/h6-8,11,16,23-24,28-29,35,37,40-41,44-47H,9-10,12-14H2,1-5H3/t16?,23-,24-,28+,29?,35+,37-,39+/m0/s1. The number of phenolic OH excluding ortho intramolecular Hbond substituents is 3. The number of thioether (sulfide) groups is 1. The van der Waals surface area contributed by atoms with Crippen molar-refractivity contribution in [3.05, 3.63) is 68.9 Å². The van der Waals surface area contributed by atoms with E-state index in [0.717, 1.165) is 33.2 Å². The van der Waals surface area contributed by atoms with E-state index in [9.17, 15) is 25.2 Å². The molecule has 2 unspecified atom stereocenters. The number of piperazine rings is 1. The van der Waals surface area contributed by atoms with Crippen LogP contribution in [-0.2, 0) is 27.9 Å². The van der Waals surface area contributed by atoms with Gasteiger partial charge in [-0.25, -0.2) is 4.79 Å². The minimum atomic E-state index is -1.32. The summed E-state index contributed by atoms with van der Waals surface area (Å²) in [7, 11) is 3.53. The quantitative estimate of drug-likeness (QED) is 0.155. The fraction of sp³-hybridized carbons (Fsp3) is 0.462. The Morgan fingerprint density at radius 1 is 1.02 bits per heavy atom. The van der Waals surface area contributed by atoms with Crippen LogP contribution in [0.2, 0.25) is 0 Å². The fourth-order valence-electron chi connectivity index (χ4n) is 10.5. The van der Waals surface area contributed by atoms with E-state index < -0.39 is 41.1 Å². The number of aromatic nitrogens is 1. The van der Waals surface area contributed by atoms with E-state index in [1.165, 1.54) is 11.8 Å². The molecule has 2 saturated heterocycles. The number of aliphatic hydroxyl groups excluding tert-OH is 1. The van der Waals surface area contributed by atoms with E-state index in [2.05, 4.69) is 15.2 Å². The lowest BCUT2D eigenvalue weighted by molar-refractivity contribution is -0.186. The van der Waals surface area contributed by atoms with Gasteiger partial charge in [0.05, 0.1) is 36.2 Å². The molecule has 13 nitrogen and oxygen atoms in total. The third kappa shape index (κ3) is 4.26. The Kier molecular flexibility index (Phi) is 7.11. The number of H-pyrrole nitrogens is 1. The number of carbonyl (C=O) groups is 1. The summed E-state index contributed by atoms with van der Waals surface area (Å²) in [6.45, 7) is 5.57. The summed E-state index contributed by atoms with van der Waals surface area (Å²) in [6.07, 6.45) is 0.0999. The van der Waals surface area contributed by atoms with Crippen molar-refractivity contribution in [2.24, 2.45) is 0 Å². The number of rotatable bonds is 1. The zero-order chi connectivity index (χ0) is 36.8. The second kappa shape index (κ2) is 11.3. The second-order valence-corrected chi connectivity index (χ2v) is 16.6. The first kappa shape index (κ1) is 33.2. The van der Waals surface area contributed by atoms with Gasteiger partial charge in [-0.2, -0.15) is 0 Å². The second-order valence-electron chi connectivity index (χ2n) is 15.5. The van der Waals surface area contributed by atoms with E-state index in [-0.39, 0.29) is 48.5 Å². The van der Waals surface area contributed by atoms with Crippen molar-refractivity contribution in [3.8, 4) is 34.5 Å². The number of carbonyl (C=O) groups excluding carboxylic acids is 1. The van der Waals surface area contributed by atoms with Gasteiger partial charge in [0.15, 0.2) is 28.5 Å². The third-order valence-corrected chi connectivity index (χ3v) is 14.2. The predicted molar refractivity (Wildman–Crippen MR) is 195 cm³/mol. The molecule has 7 aliphatic rings. The summed E-state index contributed by atoms with van der Waals surface area (Å²) in [4.78, 5) is 22.5. The van der Waals surface area contributed by atoms with E-state index in [0.29, 0.717) is 52.5 Å². The molecule has 0 saturated carbocycles. The number of methoxy groups -OCH3 is 1. The summed E-state index contributed by atoms with van der Waals surface area (Å²) in [6, 6.07) is 5.03. The number of aliphatic hydroxyl groups is 1. The molecule has 0 radical (unpaired) electrons. The molecular weight excluding hydrogens is 701 g/mol. The molecule has 11 rings (SSSR count). The Morgan fingerprint density at radius 2 is 1.81 bits per heavy atom. The van der Waals surface area contributed by atoms with E-state index in [1.807, 2.05) is 44.9 Å². The molecule has 14 heteroatoms. The van der Waals surface area contributed by atoms with Crippen molar-refractivity contribution in [1.82, 2.24) is 20.1 Å². The van der Waals surface area contributed by atoms with Gasteiger partial charge in [0, 0.05) is 51.0 Å². The molecule has 8 atom stereocenters. The Labute approximate surface area is 309 Å². The van der Waals surface area contributed by atoms with Crippen LogP contribution in [0.5, 0.6) is 34.5 Å². The van der Waals surface area contributed by atoms with Gasteiger partial charge >= 0.3 is 5.97 Å². The molecule has 278 valence electrons. The van der Waals surface area contributed by atoms with Crippen molar-refractivity contribution in [1.29, 1.82) is 0 Å². The van der Waals surface area contributed by atoms with Crippen LogP contribution in [0, 0.1) is 13.8 Å². The minimum absolute atomic E-state index is 0.0274. The van der Waals surface area contributed by atoms with E-state index >= 15 is 0 Å². The number of aromatic hydroxyl groups is 3. The number of nitrogens with zero attached hydrogens (tertiary/aromatic N) is 2. The van der Waals surface area contributed by atoms with Crippen LogP contribution in [0.3, 0.4) is 0 Å². The van der Waals surface area contributed by atoms with Gasteiger partial charge in [0.25, 0.3) is 0 Å². The molecule has 1 aromatic heterocycles. The zero-order valence-corrected chi connectivity index (χ0v) is 30.8. The number of aryl methyl sites for hydroxylation is 1. The number of esters is 1. The highest BCUT2D eigenvalue weighted by Gasteiger charge is 2.61. The molecule has 0 aliphatic carbocycles. The number of hydrogen-bond donors (Lipinski definition) is 6. The van der Waals surface area contributed by atoms with Crippen molar-refractivity contribution < 1.29 is 44.2 Å². The number of likely N-dealkylation sites (N-methyl/N-ethyl adjacent to an activating group) is 1. The van der Waals surface area contributed by atoms with Gasteiger partial charge in [-0.15, -0.1) is 11.8 Å². The molecule has 8 heterocycles. The van der Waals surface area contributed by atoms with Gasteiger partial charge in [-0.05, 0) is 75.5 Å². The Morgan fingerprint density at radius 3 is 2.60 bits per heavy atom. The molecule has 4 aromatic rings. The first-order valence-corrected chi connectivity index (χ1v) is 19.1. The zero-order valence-electron chi connectivity index (χ0n) is 30.0. The van der Waals surface area contributed by atoms with Crippen LogP contribution < -0.4 is 19.5 Å². The summed E-state index contributed by atoms with van der Waals surface area (Å²) < 4.78 is 24.2. The van der Waals surface area contributed by atoms with Crippen LogP contribution in [0.4, 0.5) is 0 Å². The molecular formula is C39H42N4O9S. The van der Waals surface area contributed by atoms with Crippen LogP contribution in [0.15, 0.2) is 24.3 Å². The number of fused-ring (bicyclic) bond motifs is 11. The molecule has 3 aromatic carbocycles. The van der Waals surface area contributed by atoms with E-state index in [4.69, 9.17) is 18.9 Å². The first-order chi connectivity index (χ1) is 25.4. The topological polar surface area (TPSA) is 169 Å². The average Bonchev–Trinajstić information content (AvgIpc) is 3.76. The smallest absolute Gasteiger partial charge is 0.333 e. The normalized spacial score (nSPS) is 31.5. The summed E-state index contributed by atoms with van der Waals surface area (Å²) in [5, 5.41) is 51.1. The molecule has 1 spiro atoms. The van der Waals surface area contributed by atoms with Crippen LogP contribution in [-0.4, -0.2) is 98.8 Å². The highest BCUT2D eigenvalue weighted by molar-refractivity contribution is 7.99. The third-order valence-electron chi connectivity index (χ3n) is 12.7. The van der Waals surface area contributed by atoms with Gasteiger partial charge < -0.3 is 44.4 Å². The lowest BCUT2D eigenvalue weighted by Gasteiger charge is -2.62. The summed E-state index contributed by atoms with van der Waals surface area (Å²) in [5.74, 6) is 1.33. The largest absolute Gasteiger partial charge is 0.508 e. The molecule has 0 amide bonds. The van der Waals surface area contributed by atoms with Gasteiger partial charge in [-0.3, -0.25) is 15.1 Å². The molecule has 53 heavy (non-hydrogen) atoms. The molecule has 2 fully saturated rings. The fourth-order valence-corrected chi connectivity index (χ4v) is 12.1. The number of hydrogen-bond acceptors (Lipinski definition) is 13. The molecule has 4 bridgehead atoms. The number of ether oxygens (including phenoxy) is 4. The predicted octanol–water partition coefficient (Wildman–Crippen LogP) is 4.05. The number of benzene rings is 3. The Bertz CT molecular complexity index is 2260. The van der Waals surface area contributed by atoms with Crippen molar-refractivity contribution in [3.63, 3.8) is 0 Å². The maximum absolute atomic E-state index is 14.8. The average molecular weight is 743 g/mol. The first-order valence-electron chi connectivity index (χ1n) is 18.1. The maximum Gasteiger partial charge on any atom is 0.333 e. The van der Waals surface area contributed by atoms with Crippen LogP contribution in [0.1, 0.15) is 68.9 Å².